The molecular weight excluding hydrogens is 268 g/mol. The minimum absolute atomic E-state index is 0.0128. The third-order valence-corrected chi connectivity index (χ3v) is 2.47. The Bertz CT molecular complexity index is 582. The normalized spacial score (nSPS) is 10.3. The highest BCUT2D eigenvalue weighted by Gasteiger charge is 2.08. The van der Waals surface area contributed by atoms with Gasteiger partial charge in [-0.05, 0) is 48.5 Å². The number of benzene rings is 2. The first-order valence-corrected chi connectivity index (χ1v) is 5.70. The molecule has 0 unspecified atom stereocenters. The van der Waals surface area contributed by atoms with E-state index in [1.54, 1.807) is 12.1 Å². The highest BCUT2D eigenvalue weighted by Crippen LogP contribution is 2.17. The fourth-order valence-corrected chi connectivity index (χ4v) is 1.54. The maximum absolute atomic E-state index is 12.0. The van der Waals surface area contributed by atoms with E-state index in [-0.39, 0.29) is 17.4 Å². The molecule has 0 heterocycles. The molecule has 2 rings (SSSR count). The van der Waals surface area contributed by atoms with Crippen LogP contribution >= 0.6 is 0 Å². The highest BCUT2D eigenvalue weighted by atomic mass is 19.3. The summed E-state index contributed by atoms with van der Waals surface area (Å²) >= 11 is 0. The lowest BCUT2D eigenvalue weighted by Crippen LogP contribution is -2.11. The fourth-order valence-electron chi connectivity index (χ4n) is 1.54. The predicted molar refractivity (Wildman–Crippen MR) is 69.1 cm³/mol. The molecule has 0 radical (unpaired) electrons. The zero-order valence-electron chi connectivity index (χ0n) is 10.2. The van der Waals surface area contributed by atoms with Gasteiger partial charge in [0, 0.05) is 11.3 Å². The predicted octanol–water partition coefficient (Wildman–Crippen LogP) is 3.25. The molecule has 0 saturated heterocycles. The van der Waals surface area contributed by atoms with Crippen molar-refractivity contribution in [1.29, 1.82) is 0 Å². The number of nitrogens with one attached hydrogen (secondary N) is 1. The number of alkyl halides is 2. The lowest BCUT2D eigenvalue weighted by molar-refractivity contribution is -0.0498. The van der Waals surface area contributed by atoms with Crippen molar-refractivity contribution in [3.05, 3.63) is 54.1 Å². The summed E-state index contributed by atoms with van der Waals surface area (Å²) in [5.41, 5.74) is 0.820. The zero-order chi connectivity index (χ0) is 14.5. The van der Waals surface area contributed by atoms with Gasteiger partial charge in [0.15, 0.2) is 0 Å². The molecule has 6 heteroatoms. The van der Waals surface area contributed by atoms with Crippen LogP contribution in [0.15, 0.2) is 48.5 Å². The number of hydrogen-bond acceptors (Lipinski definition) is 3. The van der Waals surface area contributed by atoms with Crippen LogP contribution < -0.4 is 10.1 Å². The number of carbonyl (C=O) groups excluding carboxylic acids is 1. The Morgan fingerprint density at radius 1 is 1.05 bits per heavy atom. The number of carbonyl (C=O) groups is 1. The molecule has 1 amide bonds. The third-order valence-electron chi connectivity index (χ3n) is 2.47. The lowest BCUT2D eigenvalue weighted by Gasteiger charge is -2.07. The van der Waals surface area contributed by atoms with Gasteiger partial charge in [-0.1, -0.05) is 0 Å². The van der Waals surface area contributed by atoms with E-state index in [9.17, 15) is 13.6 Å². The molecule has 4 nitrogen and oxygen atoms in total. The lowest BCUT2D eigenvalue weighted by atomic mass is 10.2. The van der Waals surface area contributed by atoms with E-state index in [0.29, 0.717) is 11.3 Å². The molecule has 2 N–H and O–H groups in total. The fraction of sp³-hybridized carbons (Fsp3) is 0.0714. The summed E-state index contributed by atoms with van der Waals surface area (Å²) in [7, 11) is 0. The molecule has 0 saturated carbocycles. The summed E-state index contributed by atoms with van der Waals surface area (Å²) in [6.07, 6.45) is 0. The van der Waals surface area contributed by atoms with Gasteiger partial charge in [-0.25, -0.2) is 0 Å². The van der Waals surface area contributed by atoms with Gasteiger partial charge >= 0.3 is 6.61 Å². The Hall–Kier alpha value is -2.63. The summed E-state index contributed by atoms with van der Waals surface area (Å²) in [6.45, 7) is -2.90. The van der Waals surface area contributed by atoms with Gasteiger partial charge in [-0.15, -0.1) is 0 Å². The van der Waals surface area contributed by atoms with Gasteiger partial charge in [0.25, 0.3) is 5.91 Å². The second-order valence-corrected chi connectivity index (χ2v) is 3.90. The quantitative estimate of drug-likeness (QED) is 0.845. The Morgan fingerprint density at radius 2 is 1.65 bits per heavy atom. The number of rotatable bonds is 4. The number of aromatic hydroxyl groups is 1. The van der Waals surface area contributed by atoms with Crippen LogP contribution in [0.4, 0.5) is 14.5 Å². The summed E-state index contributed by atoms with van der Waals surface area (Å²) in [6, 6.07) is 11.3. The number of halogens is 2. The number of amides is 1. The van der Waals surface area contributed by atoms with E-state index in [0.717, 1.165) is 0 Å². The van der Waals surface area contributed by atoms with E-state index in [4.69, 9.17) is 5.11 Å². The minimum Gasteiger partial charge on any atom is -0.508 e. The van der Waals surface area contributed by atoms with Crippen molar-refractivity contribution >= 4 is 11.6 Å². The molecule has 0 spiro atoms. The van der Waals surface area contributed by atoms with Gasteiger partial charge in [-0.2, -0.15) is 8.78 Å². The molecule has 0 aliphatic carbocycles. The van der Waals surface area contributed by atoms with Crippen molar-refractivity contribution in [3.63, 3.8) is 0 Å². The Balaban J connectivity index is 2.03. The maximum Gasteiger partial charge on any atom is 0.387 e. The van der Waals surface area contributed by atoms with Crippen LogP contribution in [0.2, 0.25) is 0 Å². The van der Waals surface area contributed by atoms with E-state index in [1.807, 2.05) is 0 Å². The van der Waals surface area contributed by atoms with Gasteiger partial charge in [0.05, 0.1) is 0 Å². The second kappa shape index (κ2) is 6.01. The van der Waals surface area contributed by atoms with Crippen molar-refractivity contribution in [2.45, 2.75) is 6.61 Å². The van der Waals surface area contributed by atoms with Gasteiger partial charge in [0.1, 0.15) is 11.5 Å². The van der Waals surface area contributed by atoms with Crippen molar-refractivity contribution in [3.8, 4) is 11.5 Å². The number of anilines is 1. The summed E-state index contributed by atoms with van der Waals surface area (Å²) < 4.78 is 28.1. The molecule has 0 atom stereocenters. The molecule has 20 heavy (non-hydrogen) atoms. The van der Waals surface area contributed by atoms with Crippen LogP contribution in [0.5, 0.6) is 11.5 Å². The summed E-state index contributed by atoms with van der Waals surface area (Å²) in [5, 5.41) is 11.7. The first-order chi connectivity index (χ1) is 9.54. The first-order valence-electron chi connectivity index (χ1n) is 5.70. The monoisotopic (exact) mass is 279 g/mol. The highest BCUT2D eigenvalue weighted by molar-refractivity contribution is 6.04. The van der Waals surface area contributed by atoms with E-state index in [1.165, 1.54) is 36.4 Å². The average molecular weight is 279 g/mol. The van der Waals surface area contributed by atoms with Crippen LogP contribution in [0, 0.1) is 0 Å². The first kappa shape index (κ1) is 13.8. The number of phenols is 1. The Morgan fingerprint density at radius 3 is 2.20 bits per heavy atom. The van der Waals surface area contributed by atoms with Crippen molar-refractivity contribution in [2.75, 3.05) is 5.32 Å². The van der Waals surface area contributed by atoms with Crippen LogP contribution in [0.25, 0.3) is 0 Å². The van der Waals surface area contributed by atoms with Crippen LogP contribution in [-0.4, -0.2) is 17.6 Å². The second-order valence-electron chi connectivity index (χ2n) is 3.90. The Kier molecular flexibility index (Phi) is 4.14. The maximum atomic E-state index is 12.0. The van der Waals surface area contributed by atoms with Gasteiger partial charge in [0.2, 0.25) is 0 Å². The number of hydrogen-bond donors (Lipinski definition) is 2. The molecule has 0 fully saturated rings. The summed E-state index contributed by atoms with van der Waals surface area (Å²) in [4.78, 5) is 11.9. The van der Waals surface area contributed by atoms with E-state index < -0.39 is 6.61 Å². The summed E-state index contributed by atoms with van der Waals surface area (Å²) in [5.74, 6) is -0.308. The van der Waals surface area contributed by atoms with Crippen molar-refractivity contribution in [1.82, 2.24) is 0 Å². The average Bonchev–Trinajstić information content (AvgIpc) is 2.41. The van der Waals surface area contributed by atoms with Crippen LogP contribution in [-0.2, 0) is 0 Å². The topological polar surface area (TPSA) is 58.6 Å². The molecule has 0 aliphatic heterocycles. The SMILES string of the molecule is O=C(Nc1ccc(O)cc1)c1ccc(OC(F)F)cc1. The Labute approximate surface area is 113 Å². The van der Waals surface area contributed by atoms with Crippen molar-refractivity contribution < 1.29 is 23.4 Å². The standard InChI is InChI=1S/C14H11F2NO3/c15-14(16)20-12-7-1-9(2-8-12)13(19)17-10-3-5-11(18)6-4-10/h1-8,14,18H,(H,17,19). The zero-order valence-corrected chi connectivity index (χ0v) is 10.2. The molecule has 0 aliphatic rings. The minimum atomic E-state index is -2.90. The molecule has 2 aromatic rings. The molecule has 2 aromatic carbocycles. The number of ether oxygens (including phenoxy) is 1. The van der Waals surface area contributed by atoms with Gasteiger partial charge in [-0.3, -0.25) is 4.79 Å². The van der Waals surface area contributed by atoms with Crippen LogP contribution in [0.3, 0.4) is 0 Å². The largest absolute Gasteiger partial charge is 0.508 e. The molecule has 0 bridgehead atoms. The third kappa shape index (κ3) is 3.68. The van der Waals surface area contributed by atoms with Crippen LogP contribution in [0.1, 0.15) is 10.4 Å². The van der Waals surface area contributed by atoms with Gasteiger partial charge < -0.3 is 15.2 Å². The smallest absolute Gasteiger partial charge is 0.387 e. The van der Waals surface area contributed by atoms with Crippen molar-refractivity contribution in [2.24, 2.45) is 0 Å². The molecular formula is C14H11F2NO3. The number of phenolic OH excluding ortho intramolecular Hbond substituents is 1. The van der Waals surface area contributed by atoms with E-state index in [2.05, 4.69) is 10.1 Å². The molecule has 0 aromatic heterocycles. The molecule has 104 valence electrons. The van der Waals surface area contributed by atoms with E-state index >= 15 is 0 Å².